The van der Waals surface area contributed by atoms with Crippen molar-refractivity contribution in [2.24, 2.45) is 11.8 Å². The molecule has 0 aromatic carbocycles. The molecule has 56 valence electrons. The Morgan fingerprint density at radius 3 is 2.50 bits per heavy atom. The highest BCUT2D eigenvalue weighted by Crippen LogP contribution is 2.26. The van der Waals surface area contributed by atoms with Crippen LogP contribution in [0.15, 0.2) is 12.2 Å². The molecule has 0 spiro atoms. The maximum Gasteiger partial charge on any atom is 0.313 e. The minimum absolute atomic E-state index is 0.0556. The van der Waals surface area contributed by atoms with E-state index in [-0.39, 0.29) is 11.9 Å². The molecule has 2 heteroatoms. The third-order valence-electron chi connectivity index (χ3n) is 1.76. The van der Waals surface area contributed by atoms with E-state index in [0.29, 0.717) is 12.5 Å². The van der Waals surface area contributed by atoms with Crippen LogP contribution in [0.4, 0.5) is 0 Å². The zero-order valence-corrected chi connectivity index (χ0v) is 6.39. The van der Waals surface area contributed by atoms with Crippen LogP contribution in [0.5, 0.6) is 0 Å². The number of hydrogen-bond acceptors (Lipinski definition) is 2. The van der Waals surface area contributed by atoms with Crippen molar-refractivity contribution in [3.8, 4) is 0 Å². The molecule has 1 unspecified atom stereocenters. The van der Waals surface area contributed by atoms with Gasteiger partial charge in [-0.3, -0.25) is 4.79 Å². The fourth-order valence-corrected chi connectivity index (χ4v) is 1.25. The molecule has 0 aromatic heterocycles. The summed E-state index contributed by atoms with van der Waals surface area (Å²) in [6.07, 6.45) is 0. The summed E-state index contributed by atoms with van der Waals surface area (Å²) >= 11 is 0. The molecular formula is C8H12O2. The van der Waals surface area contributed by atoms with E-state index >= 15 is 0 Å². The highest BCUT2D eigenvalue weighted by molar-refractivity contribution is 5.78. The Balaban J connectivity index is 2.72. The largest absolute Gasteiger partial charge is 0.461 e. The first-order chi connectivity index (χ1) is 4.63. The quantitative estimate of drug-likeness (QED) is 0.406. The van der Waals surface area contributed by atoms with Crippen molar-refractivity contribution in [2.45, 2.75) is 13.8 Å². The lowest BCUT2D eigenvalue weighted by Gasteiger charge is -2.09. The summed E-state index contributed by atoms with van der Waals surface area (Å²) in [5.74, 6) is 0.155. The van der Waals surface area contributed by atoms with Gasteiger partial charge in [-0.2, -0.15) is 0 Å². The van der Waals surface area contributed by atoms with E-state index in [1.807, 2.05) is 13.8 Å². The number of esters is 1. The normalized spacial score (nSPS) is 25.7. The zero-order valence-electron chi connectivity index (χ0n) is 6.39. The molecule has 0 aliphatic carbocycles. The molecule has 1 rings (SSSR count). The van der Waals surface area contributed by atoms with Crippen LogP contribution >= 0.6 is 0 Å². The molecule has 1 fully saturated rings. The molecule has 0 aromatic rings. The predicted octanol–water partition coefficient (Wildman–Crippen LogP) is 1.37. The Kier molecular flexibility index (Phi) is 1.79. The Labute approximate surface area is 60.9 Å². The molecule has 1 atom stereocenters. The molecule has 0 bridgehead atoms. The summed E-state index contributed by atoms with van der Waals surface area (Å²) in [4.78, 5) is 10.9. The third-order valence-corrected chi connectivity index (χ3v) is 1.76. The van der Waals surface area contributed by atoms with Crippen molar-refractivity contribution < 1.29 is 9.53 Å². The summed E-state index contributed by atoms with van der Waals surface area (Å²) in [5, 5.41) is 0. The summed E-state index contributed by atoms with van der Waals surface area (Å²) < 4.78 is 4.80. The van der Waals surface area contributed by atoms with E-state index in [1.165, 1.54) is 0 Å². The first-order valence-corrected chi connectivity index (χ1v) is 3.47. The minimum atomic E-state index is -0.111. The van der Waals surface area contributed by atoms with Crippen molar-refractivity contribution in [3.05, 3.63) is 12.2 Å². The van der Waals surface area contributed by atoms with E-state index in [1.54, 1.807) is 0 Å². The van der Waals surface area contributed by atoms with Gasteiger partial charge in [-0.05, 0) is 11.5 Å². The first kappa shape index (κ1) is 7.32. The average Bonchev–Trinajstić information content (AvgIpc) is 2.11. The van der Waals surface area contributed by atoms with Crippen LogP contribution in [0, 0.1) is 11.8 Å². The van der Waals surface area contributed by atoms with Crippen LogP contribution in [0.25, 0.3) is 0 Å². The number of carbonyl (C=O) groups is 1. The second kappa shape index (κ2) is 2.45. The maximum absolute atomic E-state index is 10.9. The molecule has 1 aliphatic rings. The van der Waals surface area contributed by atoms with Gasteiger partial charge in [0.05, 0.1) is 5.92 Å². The lowest BCUT2D eigenvalue weighted by Crippen LogP contribution is -2.15. The van der Waals surface area contributed by atoms with Crippen LogP contribution in [0.3, 0.4) is 0 Å². The van der Waals surface area contributed by atoms with Gasteiger partial charge in [0.25, 0.3) is 0 Å². The summed E-state index contributed by atoms with van der Waals surface area (Å²) in [6.45, 7) is 8.18. The van der Waals surface area contributed by atoms with Crippen molar-refractivity contribution in [3.63, 3.8) is 0 Å². The van der Waals surface area contributed by atoms with Gasteiger partial charge in [-0.15, -0.1) is 0 Å². The SMILES string of the molecule is C=C1COC(=O)C1C(C)C. The van der Waals surface area contributed by atoms with E-state index in [0.717, 1.165) is 5.57 Å². The number of cyclic esters (lactones) is 1. The molecule has 2 nitrogen and oxygen atoms in total. The Morgan fingerprint density at radius 1 is 1.70 bits per heavy atom. The Bertz CT molecular complexity index is 154. The fourth-order valence-electron chi connectivity index (χ4n) is 1.25. The van der Waals surface area contributed by atoms with Gasteiger partial charge in [0.1, 0.15) is 6.61 Å². The molecule has 1 heterocycles. The molecule has 0 N–H and O–H groups in total. The number of ether oxygens (including phenoxy) is 1. The van der Waals surface area contributed by atoms with E-state index < -0.39 is 0 Å². The molecule has 0 amide bonds. The van der Waals surface area contributed by atoms with Crippen molar-refractivity contribution >= 4 is 5.97 Å². The summed E-state index contributed by atoms with van der Waals surface area (Å²) in [7, 11) is 0. The Hall–Kier alpha value is -0.790. The molecule has 10 heavy (non-hydrogen) atoms. The molecule has 0 radical (unpaired) electrons. The summed E-state index contributed by atoms with van der Waals surface area (Å²) in [6, 6.07) is 0. The zero-order chi connectivity index (χ0) is 7.72. The van der Waals surface area contributed by atoms with Crippen molar-refractivity contribution in [1.82, 2.24) is 0 Å². The number of rotatable bonds is 1. The van der Waals surface area contributed by atoms with Crippen LogP contribution in [0.1, 0.15) is 13.8 Å². The molecular weight excluding hydrogens is 128 g/mol. The van der Waals surface area contributed by atoms with Gasteiger partial charge in [0, 0.05) is 0 Å². The number of carbonyl (C=O) groups excluding carboxylic acids is 1. The molecule has 1 aliphatic heterocycles. The fraction of sp³-hybridized carbons (Fsp3) is 0.625. The van der Waals surface area contributed by atoms with Crippen molar-refractivity contribution in [2.75, 3.05) is 6.61 Å². The highest BCUT2D eigenvalue weighted by atomic mass is 16.5. The van der Waals surface area contributed by atoms with Crippen LogP contribution in [-0.2, 0) is 9.53 Å². The first-order valence-electron chi connectivity index (χ1n) is 3.47. The minimum Gasteiger partial charge on any atom is -0.461 e. The van der Waals surface area contributed by atoms with Gasteiger partial charge in [-0.25, -0.2) is 0 Å². The average molecular weight is 140 g/mol. The number of hydrogen-bond donors (Lipinski definition) is 0. The predicted molar refractivity (Wildman–Crippen MR) is 38.4 cm³/mol. The van der Waals surface area contributed by atoms with Crippen LogP contribution in [0.2, 0.25) is 0 Å². The van der Waals surface area contributed by atoms with Gasteiger partial charge >= 0.3 is 5.97 Å². The van der Waals surface area contributed by atoms with Gasteiger partial charge < -0.3 is 4.74 Å². The lowest BCUT2D eigenvalue weighted by atomic mass is 9.91. The van der Waals surface area contributed by atoms with Gasteiger partial charge in [0.2, 0.25) is 0 Å². The monoisotopic (exact) mass is 140 g/mol. The van der Waals surface area contributed by atoms with Crippen molar-refractivity contribution in [1.29, 1.82) is 0 Å². The van der Waals surface area contributed by atoms with E-state index in [9.17, 15) is 4.79 Å². The van der Waals surface area contributed by atoms with E-state index in [4.69, 9.17) is 4.74 Å². The second-order valence-corrected chi connectivity index (χ2v) is 2.99. The second-order valence-electron chi connectivity index (χ2n) is 2.99. The van der Waals surface area contributed by atoms with Gasteiger partial charge in [-0.1, -0.05) is 20.4 Å². The third kappa shape index (κ3) is 1.06. The maximum atomic E-state index is 10.9. The Morgan fingerprint density at radius 2 is 2.30 bits per heavy atom. The standard InChI is InChI=1S/C8H12O2/c1-5(2)7-6(3)4-10-8(7)9/h5,7H,3-4H2,1-2H3. The molecule has 1 saturated heterocycles. The van der Waals surface area contributed by atoms with E-state index in [2.05, 4.69) is 6.58 Å². The summed E-state index contributed by atoms with van der Waals surface area (Å²) in [5.41, 5.74) is 0.917. The van der Waals surface area contributed by atoms with Gasteiger partial charge in [0.15, 0.2) is 0 Å². The smallest absolute Gasteiger partial charge is 0.313 e. The topological polar surface area (TPSA) is 26.3 Å². The van der Waals surface area contributed by atoms with Crippen LogP contribution in [-0.4, -0.2) is 12.6 Å². The highest BCUT2D eigenvalue weighted by Gasteiger charge is 2.32. The lowest BCUT2D eigenvalue weighted by molar-refractivity contribution is -0.142. The van der Waals surface area contributed by atoms with Crippen LogP contribution < -0.4 is 0 Å². The molecule has 0 saturated carbocycles.